The van der Waals surface area contributed by atoms with Gasteiger partial charge in [-0.1, -0.05) is 30.9 Å². The van der Waals surface area contributed by atoms with Gasteiger partial charge in [-0.05, 0) is 44.2 Å². The zero-order valence-electron chi connectivity index (χ0n) is 15.5. The van der Waals surface area contributed by atoms with E-state index in [1.165, 1.54) is 6.42 Å². The average molecular weight is 395 g/mol. The summed E-state index contributed by atoms with van der Waals surface area (Å²) in [5, 5.41) is 6.57. The van der Waals surface area contributed by atoms with E-state index in [0.717, 1.165) is 62.9 Å². The molecule has 2 heterocycles. The summed E-state index contributed by atoms with van der Waals surface area (Å²) in [4.78, 5) is 12.2. The molecule has 1 aliphatic carbocycles. The first-order valence-corrected chi connectivity index (χ1v) is 10.3. The van der Waals surface area contributed by atoms with Crippen molar-refractivity contribution < 1.29 is 19.0 Å². The molecule has 2 amide bonds. The maximum atomic E-state index is 12.2. The molecule has 1 saturated carbocycles. The molecule has 6 nitrogen and oxygen atoms in total. The first-order valence-electron chi connectivity index (χ1n) is 9.96. The molecule has 1 aromatic carbocycles. The van der Waals surface area contributed by atoms with E-state index in [9.17, 15) is 4.79 Å². The van der Waals surface area contributed by atoms with Crippen molar-refractivity contribution in [1.29, 1.82) is 0 Å². The lowest BCUT2D eigenvalue weighted by atomic mass is 9.74. The van der Waals surface area contributed by atoms with Crippen LogP contribution >= 0.6 is 11.6 Å². The Morgan fingerprint density at radius 2 is 2.00 bits per heavy atom. The van der Waals surface area contributed by atoms with E-state index in [0.29, 0.717) is 23.9 Å². The lowest BCUT2D eigenvalue weighted by Gasteiger charge is -2.43. The molecule has 2 N–H and O–H groups in total. The van der Waals surface area contributed by atoms with Crippen LogP contribution in [-0.2, 0) is 15.0 Å². The summed E-state index contributed by atoms with van der Waals surface area (Å²) in [5.74, 6) is 0.761. The number of ether oxygens (including phenoxy) is 3. The average Bonchev–Trinajstić information content (AvgIpc) is 2.68. The second kappa shape index (κ2) is 8.25. The van der Waals surface area contributed by atoms with Crippen molar-refractivity contribution in [3.05, 3.63) is 22.7 Å². The highest BCUT2D eigenvalue weighted by atomic mass is 35.5. The SMILES string of the molecule is O=C1Nc2c(Cl)ccc(OCCOC3CCCCO3)c2C2(CCCCC2)N1. The summed E-state index contributed by atoms with van der Waals surface area (Å²) in [7, 11) is 0. The smallest absolute Gasteiger partial charge is 0.319 e. The molecular weight excluding hydrogens is 368 g/mol. The van der Waals surface area contributed by atoms with Crippen molar-refractivity contribution in [2.75, 3.05) is 25.1 Å². The normalized spacial score (nSPS) is 24.0. The molecule has 1 atom stereocenters. The Bertz CT molecular complexity index is 685. The predicted molar refractivity (Wildman–Crippen MR) is 103 cm³/mol. The molecule has 2 aliphatic heterocycles. The van der Waals surface area contributed by atoms with Crippen molar-refractivity contribution in [3.8, 4) is 5.75 Å². The molecule has 7 heteroatoms. The van der Waals surface area contributed by atoms with Gasteiger partial charge in [0.25, 0.3) is 0 Å². The van der Waals surface area contributed by atoms with E-state index in [1.807, 2.05) is 6.07 Å². The van der Waals surface area contributed by atoms with Crippen LogP contribution in [0.15, 0.2) is 12.1 Å². The number of fused-ring (bicyclic) bond motifs is 2. The molecule has 4 rings (SSSR count). The van der Waals surface area contributed by atoms with Gasteiger partial charge in [-0.15, -0.1) is 0 Å². The Morgan fingerprint density at radius 3 is 2.78 bits per heavy atom. The Morgan fingerprint density at radius 1 is 1.15 bits per heavy atom. The molecule has 3 aliphatic rings. The summed E-state index contributed by atoms with van der Waals surface area (Å²) >= 11 is 6.41. The third-order valence-corrected chi connectivity index (χ3v) is 5.99. The quantitative estimate of drug-likeness (QED) is 0.718. The number of rotatable bonds is 5. The summed E-state index contributed by atoms with van der Waals surface area (Å²) in [6.07, 6.45) is 8.21. The Kier molecular flexibility index (Phi) is 5.76. The van der Waals surface area contributed by atoms with E-state index in [2.05, 4.69) is 10.6 Å². The van der Waals surface area contributed by atoms with Crippen LogP contribution in [-0.4, -0.2) is 32.1 Å². The van der Waals surface area contributed by atoms with Crippen LogP contribution in [0.5, 0.6) is 5.75 Å². The monoisotopic (exact) mass is 394 g/mol. The number of halogens is 1. The van der Waals surface area contributed by atoms with E-state index >= 15 is 0 Å². The first kappa shape index (κ1) is 18.8. The van der Waals surface area contributed by atoms with Crippen molar-refractivity contribution in [3.63, 3.8) is 0 Å². The molecule has 148 valence electrons. The van der Waals surface area contributed by atoms with E-state index in [-0.39, 0.29) is 12.3 Å². The molecule has 0 radical (unpaired) electrons. The van der Waals surface area contributed by atoms with Gasteiger partial charge in [0.1, 0.15) is 12.4 Å². The molecule has 1 aromatic rings. The van der Waals surface area contributed by atoms with Crippen molar-refractivity contribution in [2.45, 2.75) is 63.2 Å². The van der Waals surface area contributed by atoms with E-state index in [1.54, 1.807) is 6.07 Å². The minimum absolute atomic E-state index is 0.118. The molecule has 1 saturated heterocycles. The van der Waals surface area contributed by atoms with Gasteiger partial charge in [-0.25, -0.2) is 4.79 Å². The highest BCUT2D eigenvalue weighted by Crippen LogP contribution is 2.49. The molecule has 27 heavy (non-hydrogen) atoms. The van der Waals surface area contributed by atoms with Crippen LogP contribution in [0.1, 0.15) is 56.9 Å². The summed E-state index contributed by atoms with van der Waals surface area (Å²) in [6.45, 7) is 1.66. The van der Waals surface area contributed by atoms with Gasteiger partial charge in [0.2, 0.25) is 0 Å². The Balaban J connectivity index is 1.50. The number of anilines is 1. The lowest BCUT2D eigenvalue weighted by molar-refractivity contribution is -0.165. The molecule has 2 fully saturated rings. The number of hydrogen-bond donors (Lipinski definition) is 2. The number of urea groups is 1. The van der Waals surface area contributed by atoms with Gasteiger partial charge >= 0.3 is 6.03 Å². The van der Waals surface area contributed by atoms with Crippen molar-refractivity contribution >= 4 is 23.3 Å². The molecule has 0 bridgehead atoms. The third kappa shape index (κ3) is 4.03. The highest BCUT2D eigenvalue weighted by molar-refractivity contribution is 6.34. The fraction of sp³-hybridized carbons (Fsp3) is 0.650. The number of hydrogen-bond acceptors (Lipinski definition) is 4. The largest absolute Gasteiger partial charge is 0.491 e. The van der Waals surface area contributed by atoms with Gasteiger partial charge in [0.15, 0.2) is 6.29 Å². The Hall–Kier alpha value is -1.50. The van der Waals surface area contributed by atoms with Crippen molar-refractivity contribution in [2.24, 2.45) is 0 Å². The maximum Gasteiger partial charge on any atom is 0.319 e. The van der Waals surface area contributed by atoms with Gasteiger partial charge in [-0.3, -0.25) is 0 Å². The van der Waals surface area contributed by atoms with Crippen molar-refractivity contribution in [1.82, 2.24) is 5.32 Å². The van der Waals surface area contributed by atoms with Crippen LogP contribution in [0, 0.1) is 0 Å². The van der Waals surface area contributed by atoms with Crippen LogP contribution in [0.4, 0.5) is 10.5 Å². The van der Waals surface area contributed by atoms with Gasteiger partial charge in [0.05, 0.1) is 22.9 Å². The van der Waals surface area contributed by atoms with Gasteiger partial charge in [0, 0.05) is 12.2 Å². The number of carbonyl (C=O) groups is 1. The zero-order chi connectivity index (χ0) is 18.7. The van der Waals surface area contributed by atoms with E-state index in [4.69, 9.17) is 25.8 Å². The lowest BCUT2D eigenvalue weighted by Crippen LogP contribution is -2.52. The maximum absolute atomic E-state index is 12.2. The topological polar surface area (TPSA) is 68.8 Å². The second-order valence-corrected chi connectivity index (χ2v) is 7.94. The zero-order valence-corrected chi connectivity index (χ0v) is 16.3. The molecular formula is C20H27ClN2O4. The standard InChI is InChI=1S/C20H27ClN2O4/c21-14-7-8-15(25-12-13-27-16-6-2-5-11-26-16)17-18(14)22-19(24)23-20(17)9-3-1-4-10-20/h7-8,16H,1-6,9-13H2,(H2,22,23,24). The Labute approximate surface area is 164 Å². The fourth-order valence-electron chi connectivity index (χ4n) is 4.40. The third-order valence-electron chi connectivity index (χ3n) is 5.68. The number of benzene rings is 1. The molecule has 1 spiro atoms. The van der Waals surface area contributed by atoms with Crippen LogP contribution < -0.4 is 15.4 Å². The minimum Gasteiger partial charge on any atom is -0.491 e. The number of amides is 2. The number of nitrogens with one attached hydrogen (secondary N) is 2. The van der Waals surface area contributed by atoms with Gasteiger partial charge in [-0.2, -0.15) is 0 Å². The van der Waals surface area contributed by atoms with Gasteiger partial charge < -0.3 is 24.8 Å². The predicted octanol–water partition coefficient (Wildman–Crippen LogP) is 4.56. The highest BCUT2D eigenvalue weighted by Gasteiger charge is 2.43. The summed E-state index contributed by atoms with van der Waals surface area (Å²) in [6, 6.07) is 3.48. The first-order chi connectivity index (χ1) is 13.2. The van der Waals surface area contributed by atoms with E-state index < -0.39 is 5.54 Å². The second-order valence-electron chi connectivity index (χ2n) is 7.53. The summed E-state index contributed by atoms with van der Waals surface area (Å²) in [5.41, 5.74) is 1.25. The van der Waals surface area contributed by atoms with Crippen LogP contribution in [0.3, 0.4) is 0 Å². The van der Waals surface area contributed by atoms with Crippen LogP contribution in [0.2, 0.25) is 5.02 Å². The number of carbonyl (C=O) groups excluding carboxylic acids is 1. The fourth-order valence-corrected chi connectivity index (χ4v) is 4.61. The summed E-state index contributed by atoms with van der Waals surface area (Å²) < 4.78 is 17.4. The molecule has 0 aromatic heterocycles. The van der Waals surface area contributed by atoms with Crippen LogP contribution in [0.25, 0.3) is 0 Å². The molecule has 1 unspecified atom stereocenters. The minimum atomic E-state index is -0.399.